The van der Waals surface area contributed by atoms with Gasteiger partial charge in [0.1, 0.15) is 11.6 Å². The zero-order chi connectivity index (χ0) is 13.8. The number of benzene rings is 2. The van der Waals surface area contributed by atoms with E-state index in [2.05, 4.69) is 15.9 Å². The Kier molecular flexibility index (Phi) is 4.32. The van der Waals surface area contributed by atoms with Crippen molar-refractivity contribution in [1.82, 2.24) is 0 Å². The van der Waals surface area contributed by atoms with Crippen molar-refractivity contribution in [3.63, 3.8) is 0 Å². The first-order valence-electron chi connectivity index (χ1n) is 5.71. The lowest BCUT2D eigenvalue weighted by Gasteiger charge is -2.07. The molecule has 0 radical (unpaired) electrons. The van der Waals surface area contributed by atoms with Crippen molar-refractivity contribution in [3.05, 3.63) is 63.9 Å². The van der Waals surface area contributed by atoms with E-state index in [0.717, 1.165) is 5.56 Å². The lowest BCUT2D eigenvalue weighted by Crippen LogP contribution is -2.05. The minimum atomic E-state index is -0.433. The summed E-state index contributed by atoms with van der Waals surface area (Å²) < 4.78 is 19.0. The minimum absolute atomic E-state index is 0.148. The molecule has 0 aliphatic rings. The highest BCUT2D eigenvalue weighted by molar-refractivity contribution is 9.10. The predicted molar refractivity (Wildman–Crippen MR) is 75.1 cm³/mol. The third kappa shape index (κ3) is 3.41. The Morgan fingerprint density at radius 2 is 2.00 bits per heavy atom. The van der Waals surface area contributed by atoms with Crippen LogP contribution in [-0.4, -0.2) is 12.9 Å². The van der Waals surface area contributed by atoms with E-state index in [0.29, 0.717) is 15.8 Å². The van der Waals surface area contributed by atoms with Crippen molar-refractivity contribution in [3.8, 4) is 5.75 Å². The fraction of sp³-hybridized carbons (Fsp3) is 0.133. The van der Waals surface area contributed by atoms with Gasteiger partial charge >= 0.3 is 0 Å². The molecule has 0 fully saturated rings. The Labute approximate surface area is 119 Å². The molecule has 0 spiro atoms. The van der Waals surface area contributed by atoms with Crippen molar-refractivity contribution >= 4 is 21.7 Å². The van der Waals surface area contributed by atoms with Crippen LogP contribution in [0, 0.1) is 5.82 Å². The minimum Gasteiger partial charge on any atom is -0.496 e. The number of methoxy groups -OCH3 is 1. The summed E-state index contributed by atoms with van der Waals surface area (Å²) in [6.07, 6.45) is 0.180. The number of halogens is 2. The quantitative estimate of drug-likeness (QED) is 0.795. The summed E-state index contributed by atoms with van der Waals surface area (Å²) in [7, 11) is 1.56. The lowest BCUT2D eigenvalue weighted by atomic mass is 10.0. The molecule has 0 heterocycles. The zero-order valence-corrected chi connectivity index (χ0v) is 11.9. The van der Waals surface area contributed by atoms with Crippen molar-refractivity contribution in [2.24, 2.45) is 0 Å². The number of para-hydroxylation sites is 1. The van der Waals surface area contributed by atoms with Crippen LogP contribution in [0.15, 0.2) is 46.9 Å². The van der Waals surface area contributed by atoms with Crippen LogP contribution in [0.25, 0.3) is 0 Å². The van der Waals surface area contributed by atoms with Crippen LogP contribution in [-0.2, 0) is 6.42 Å². The average molecular weight is 323 g/mol. The maximum atomic E-state index is 13.3. The molecule has 4 heteroatoms. The number of ketones is 1. The Morgan fingerprint density at radius 1 is 1.26 bits per heavy atom. The number of ether oxygens (including phenoxy) is 1. The zero-order valence-electron chi connectivity index (χ0n) is 10.3. The summed E-state index contributed by atoms with van der Waals surface area (Å²) in [5.41, 5.74) is 1.13. The van der Waals surface area contributed by atoms with E-state index in [9.17, 15) is 9.18 Å². The van der Waals surface area contributed by atoms with Crippen LogP contribution in [0.3, 0.4) is 0 Å². The van der Waals surface area contributed by atoms with Crippen molar-refractivity contribution in [1.29, 1.82) is 0 Å². The Balaban J connectivity index is 2.25. The van der Waals surface area contributed by atoms with Gasteiger partial charge in [-0.3, -0.25) is 4.79 Å². The van der Waals surface area contributed by atoms with Crippen LogP contribution in [0.2, 0.25) is 0 Å². The fourth-order valence-electron chi connectivity index (χ4n) is 1.84. The molecule has 0 aliphatic heterocycles. The van der Waals surface area contributed by atoms with Gasteiger partial charge in [-0.2, -0.15) is 0 Å². The SMILES string of the molecule is COc1ccccc1CC(=O)c1cc(F)cc(Br)c1. The summed E-state index contributed by atoms with van der Waals surface area (Å²) in [6, 6.07) is 11.5. The van der Waals surface area contributed by atoms with Crippen molar-refractivity contribution in [2.75, 3.05) is 7.11 Å². The molecule has 19 heavy (non-hydrogen) atoms. The van der Waals surface area contributed by atoms with E-state index < -0.39 is 5.82 Å². The molecule has 2 aromatic carbocycles. The van der Waals surface area contributed by atoms with Crippen LogP contribution >= 0.6 is 15.9 Å². The highest BCUT2D eigenvalue weighted by atomic mass is 79.9. The highest BCUT2D eigenvalue weighted by Crippen LogP contribution is 2.21. The maximum absolute atomic E-state index is 13.3. The number of carbonyl (C=O) groups excluding carboxylic acids is 1. The number of hydrogen-bond donors (Lipinski definition) is 0. The van der Waals surface area contributed by atoms with Crippen LogP contribution in [0.5, 0.6) is 5.75 Å². The van der Waals surface area contributed by atoms with E-state index in [4.69, 9.17) is 4.74 Å². The summed E-state index contributed by atoms with van der Waals surface area (Å²) in [5, 5.41) is 0. The molecule has 2 nitrogen and oxygen atoms in total. The molecular formula is C15H12BrFO2. The molecule has 2 aromatic rings. The topological polar surface area (TPSA) is 26.3 Å². The van der Waals surface area contributed by atoms with Crippen LogP contribution in [0.1, 0.15) is 15.9 Å². The second-order valence-corrected chi connectivity index (χ2v) is 4.99. The maximum Gasteiger partial charge on any atom is 0.167 e. The number of Topliss-reactive ketones (excluding diaryl/α,β-unsaturated/α-hetero) is 1. The van der Waals surface area contributed by atoms with E-state index >= 15 is 0 Å². The van der Waals surface area contributed by atoms with E-state index in [-0.39, 0.29) is 12.2 Å². The first kappa shape index (κ1) is 13.7. The van der Waals surface area contributed by atoms with Crippen molar-refractivity contribution in [2.45, 2.75) is 6.42 Å². The summed E-state index contributed by atoms with van der Waals surface area (Å²) in [4.78, 5) is 12.1. The highest BCUT2D eigenvalue weighted by Gasteiger charge is 2.12. The molecule has 0 saturated heterocycles. The van der Waals surface area contributed by atoms with Gasteiger partial charge in [0.05, 0.1) is 7.11 Å². The van der Waals surface area contributed by atoms with E-state index in [1.165, 1.54) is 12.1 Å². The van der Waals surface area contributed by atoms with Gasteiger partial charge in [-0.25, -0.2) is 4.39 Å². The molecule has 0 atom stereocenters. The van der Waals surface area contributed by atoms with Gasteiger partial charge in [0.2, 0.25) is 0 Å². The smallest absolute Gasteiger partial charge is 0.167 e. The average Bonchev–Trinajstić information content (AvgIpc) is 2.38. The number of rotatable bonds is 4. The molecule has 0 N–H and O–H groups in total. The number of hydrogen-bond acceptors (Lipinski definition) is 2. The Morgan fingerprint density at radius 3 is 2.68 bits per heavy atom. The van der Waals surface area contributed by atoms with E-state index in [1.807, 2.05) is 18.2 Å². The molecule has 0 aromatic heterocycles. The number of carbonyl (C=O) groups is 1. The normalized spacial score (nSPS) is 10.3. The van der Waals surface area contributed by atoms with Gasteiger partial charge in [-0.1, -0.05) is 34.1 Å². The van der Waals surface area contributed by atoms with E-state index in [1.54, 1.807) is 19.2 Å². The predicted octanol–water partition coefficient (Wildman–Crippen LogP) is 4.02. The largest absolute Gasteiger partial charge is 0.496 e. The first-order valence-corrected chi connectivity index (χ1v) is 6.50. The lowest BCUT2D eigenvalue weighted by molar-refractivity contribution is 0.0991. The Bertz CT molecular complexity index is 591. The molecule has 0 unspecified atom stereocenters. The second kappa shape index (κ2) is 5.97. The van der Waals surface area contributed by atoms with Gasteiger partial charge in [0, 0.05) is 22.0 Å². The summed E-state index contributed by atoms with van der Waals surface area (Å²) >= 11 is 3.18. The molecule has 0 bridgehead atoms. The fourth-order valence-corrected chi connectivity index (χ4v) is 2.30. The van der Waals surface area contributed by atoms with Crippen LogP contribution in [0.4, 0.5) is 4.39 Å². The summed E-state index contributed by atoms with van der Waals surface area (Å²) in [5.74, 6) is 0.0776. The van der Waals surface area contributed by atoms with Gasteiger partial charge in [0.25, 0.3) is 0 Å². The molecule has 0 aliphatic carbocycles. The Hall–Kier alpha value is -1.68. The van der Waals surface area contributed by atoms with Gasteiger partial charge in [-0.05, 0) is 24.3 Å². The van der Waals surface area contributed by atoms with Crippen molar-refractivity contribution < 1.29 is 13.9 Å². The van der Waals surface area contributed by atoms with Gasteiger partial charge < -0.3 is 4.74 Å². The first-order chi connectivity index (χ1) is 9.10. The molecule has 98 valence electrons. The van der Waals surface area contributed by atoms with Crippen LogP contribution < -0.4 is 4.74 Å². The third-order valence-corrected chi connectivity index (χ3v) is 3.19. The summed E-state index contributed by atoms with van der Waals surface area (Å²) in [6.45, 7) is 0. The molecule has 0 amide bonds. The van der Waals surface area contributed by atoms with Gasteiger partial charge in [-0.15, -0.1) is 0 Å². The molecule has 2 rings (SSSR count). The monoisotopic (exact) mass is 322 g/mol. The third-order valence-electron chi connectivity index (χ3n) is 2.73. The molecule has 0 saturated carbocycles. The molecular weight excluding hydrogens is 311 g/mol. The standard InChI is InChI=1S/C15H12BrFO2/c1-19-15-5-3-2-4-10(15)8-14(18)11-6-12(16)9-13(17)7-11/h2-7,9H,8H2,1H3. The van der Waals surface area contributed by atoms with Gasteiger partial charge in [0.15, 0.2) is 5.78 Å². The second-order valence-electron chi connectivity index (χ2n) is 4.07.